The van der Waals surface area contributed by atoms with Crippen molar-refractivity contribution in [2.24, 2.45) is 5.73 Å². The molecular weight excluding hydrogens is 202 g/mol. The van der Waals surface area contributed by atoms with E-state index in [9.17, 15) is 4.79 Å². The molecule has 0 saturated carbocycles. The Morgan fingerprint density at radius 1 is 1.25 bits per heavy atom. The molecule has 3 nitrogen and oxygen atoms in total. The van der Waals surface area contributed by atoms with Crippen LogP contribution in [-0.2, 0) is 10.2 Å². The lowest BCUT2D eigenvalue weighted by Crippen LogP contribution is -2.10. The fourth-order valence-electron chi connectivity index (χ4n) is 0.961. The first-order valence-corrected chi connectivity index (χ1v) is 5.35. The SMILES string of the molecule is CC(C)(C)c1ccc(O)cc1.CCC(N)=O. The highest BCUT2D eigenvalue weighted by atomic mass is 16.3. The van der Waals surface area contributed by atoms with Crippen LogP contribution in [0.25, 0.3) is 0 Å². The number of carbonyl (C=O) groups is 1. The Morgan fingerprint density at radius 2 is 1.62 bits per heavy atom. The Morgan fingerprint density at radius 3 is 1.88 bits per heavy atom. The van der Waals surface area contributed by atoms with Crippen molar-refractivity contribution in [2.75, 3.05) is 0 Å². The molecule has 0 aliphatic rings. The number of benzene rings is 1. The number of amides is 1. The molecule has 0 bridgehead atoms. The Bertz CT molecular complexity index is 323. The second-order valence-corrected chi connectivity index (χ2v) is 4.62. The minimum Gasteiger partial charge on any atom is -0.508 e. The van der Waals surface area contributed by atoms with E-state index < -0.39 is 0 Å². The molecule has 90 valence electrons. The number of primary amides is 1. The fourth-order valence-corrected chi connectivity index (χ4v) is 0.961. The van der Waals surface area contributed by atoms with E-state index in [-0.39, 0.29) is 11.3 Å². The largest absolute Gasteiger partial charge is 0.508 e. The topological polar surface area (TPSA) is 63.3 Å². The first-order valence-electron chi connectivity index (χ1n) is 5.35. The molecule has 1 amide bonds. The quantitative estimate of drug-likeness (QED) is 0.768. The van der Waals surface area contributed by atoms with E-state index in [1.165, 1.54) is 5.56 Å². The van der Waals surface area contributed by atoms with Gasteiger partial charge in [0.1, 0.15) is 5.75 Å². The van der Waals surface area contributed by atoms with Crippen molar-refractivity contribution >= 4 is 5.91 Å². The Hall–Kier alpha value is -1.51. The van der Waals surface area contributed by atoms with E-state index in [0.717, 1.165) is 0 Å². The lowest BCUT2D eigenvalue weighted by atomic mass is 9.87. The average molecular weight is 223 g/mol. The maximum absolute atomic E-state index is 9.59. The molecule has 16 heavy (non-hydrogen) atoms. The van der Waals surface area contributed by atoms with E-state index in [0.29, 0.717) is 12.2 Å². The molecule has 3 heteroatoms. The highest BCUT2D eigenvalue weighted by Gasteiger charge is 2.12. The third kappa shape index (κ3) is 6.06. The molecule has 0 aliphatic heterocycles. The van der Waals surface area contributed by atoms with Gasteiger partial charge in [0.2, 0.25) is 5.91 Å². The van der Waals surface area contributed by atoms with Crippen LogP contribution in [0.2, 0.25) is 0 Å². The summed E-state index contributed by atoms with van der Waals surface area (Å²) in [6.07, 6.45) is 0.444. The van der Waals surface area contributed by atoms with Gasteiger partial charge >= 0.3 is 0 Å². The Balaban J connectivity index is 0.000000385. The van der Waals surface area contributed by atoms with Gasteiger partial charge in [-0.1, -0.05) is 39.8 Å². The van der Waals surface area contributed by atoms with Crippen LogP contribution in [0.5, 0.6) is 5.75 Å². The van der Waals surface area contributed by atoms with Crippen LogP contribution in [0.15, 0.2) is 24.3 Å². The van der Waals surface area contributed by atoms with Gasteiger partial charge < -0.3 is 10.8 Å². The molecule has 0 fully saturated rings. The van der Waals surface area contributed by atoms with Gasteiger partial charge in [0.25, 0.3) is 0 Å². The smallest absolute Gasteiger partial charge is 0.217 e. The lowest BCUT2D eigenvalue weighted by molar-refractivity contribution is -0.117. The summed E-state index contributed by atoms with van der Waals surface area (Å²) < 4.78 is 0. The van der Waals surface area contributed by atoms with Crippen molar-refractivity contribution < 1.29 is 9.90 Å². The predicted molar refractivity (Wildman–Crippen MR) is 66.3 cm³/mol. The van der Waals surface area contributed by atoms with Crippen molar-refractivity contribution in [3.8, 4) is 5.75 Å². The molecular formula is C13H21NO2. The highest BCUT2D eigenvalue weighted by molar-refractivity contribution is 5.73. The van der Waals surface area contributed by atoms with Crippen molar-refractivity contribution in [1.82, 2.24) is 0 Å². The van der Waals surface area contributed by atoms with Crippen molar-refractivity contribution in [2.45, 2.75) is 39.5 Å². The van der Waals surface area contributed by atoms with Gasteiger partial charge in [-0.25, -0.2) is 0 Å². The monoisotopic (exact) mass is 223 g/mol. The molecule has 0 atom stereocenters. The van der Waals surface area contributed by atoms with Crippen LogP contribution in [0.3, 0.4) is 0 Å². The van der Waals surface area contributed by atoms with Gasteiger partial charge in [-0.15, -0.1) is 0 Å². The summed E-state index contributed by atoms with van der Waals surface area (Å²) in [5.41, 5.74) is 6.07. The molecule has 1 aromatic carbocycles. The van der Waals surface area contributed by atoms with Crippen LogP contribution in [0.1, 0.15) is 39.7 Å². The zero-order valence-corrected chi connectivity index (χ0v) is 10.4. The normalized spacial score (nSPS) is 10.2. The number of nitrogens with two attached hydrogens (primary N) is 1. The zero-order chi connectivity index (χ0) is 12.8. The summed E-state index contributed by atoms with van der Waals surface area (Å²) >= 11 is 0. The van der Waals surface area contributed by atoms with Gasteiger partial charge in [0.05, 0.1) is 0 Å². The van der Waals surface area contributed by atoms with Crippen LogP contribution >= 0.6 is 0 Å². The van der Waals surface area contributed by atoms with E-state index in [4.69, 9.17) is 5.11 Å². The molecule has 0 heterocycles. The van der Waals surface area contributed by atoms with Crippen molar-refractivity contribution in [3.63, 3.8) is 0 Å². The predicted octanol–water partition coefficient (Wildman–Crippen LogP) is 2.57. The number of rotatable bonds is 1. The van der Waals surface area contributed by atoms with Crippen LogP contribution in [-0.4, -0.2) is 11.0 Å². The maximum Gasteiger partial charge on any atom is 0.217 e. The van der Waals surface area contributed by atoms with Crippen LogP contribution in [0, 0.1) is 0 Å². The number of hydrogen-bond acceptors (Lipinski definition) is 2. The second kappa shape index (κ2) is 6.16. The zero-order valence-electron chi connectivity index (χ0n) is 10.4. The number of phenolic OH excluding ortho intramolecular Hbond substituents is 1. The summed E-state index contributed by atoms with van der Waals surface area (Å²) in [5, 5.41) is 9.02. The summed E-state index contributed by atoms with van der Waals surface area (Å²) in [6, 6.07) is 7.35. The molecule has 0 aromatic heterocycles. The van der Waals surface area contributed by atoms with Gasteiger partial charge in [-0.2, -0.15) is 0 Å². The van der Waals surface area contributed by atoms with E-state index >= 15 is 0 Å². The van der Waals surface area contributed by atoms with Crippen LogP contribution < -0.4 is 5.73 Å². The van der Waals surface area contributed by atoms with Crippen LogP contribution in [0.4, 0.5) is 0 Å². The third-order valence-corrected chi connectivity index (χ3v) is 2.08. The van der Waals surface area contributed by atoms with Gasteiger partial charge in [-0.05, 0) is 23.1 Å². The van der Waals surface area contributed by atoms with E-state index in [1.807, 2.05) is 12.1 Å². The number of aromatic hydroxyl groups is 1. The van der Waals surface area contributed by atoms with Gasteiger partial charge in [-0.3, -0.25) is 4.79 Å². The Kier molecular flexibility index (Phi) is 5.57. The first-order chi connectivity index (χ1) is 7.27. The lowest BCUT2D eigenvalue weighted by Gasteiger charge is -2.18. The minimum atomic E-state index is -0.245. The van der Waals surface area contributed by atoms with E-state index in [1.54, 1.807) is 19.1 Å². The molecule has 0 unspecified atom stereocenters. The number of hydrogen-bond donors (Lipinski definition) is 2. The third-order valence-electron chi connectivity index (χ3n) is 2.08. The van der Waals surface area contributed by atoms with Gasteiger partial charge in [0.15, 0.2) is 0 Å². The average Bonchev–Trinajstić information content (AvgIpc) is 2.18. The summed E-state index contributed by atoms with van der Waals surface area (Å²) in [6.45, 7) is 8.18. The van der Waals surface area contributed by atoms with Crippen molar-refractivity contribution in [1.29, 1.82) is 0 Å². The molecule has 0 saturated heterocycles. The summed E-state index contributed by atoms with van der Waals surface area (Å²) in [5.74, 6) is 0.0861. The summed E-state index contributed by atoms with van der Waals surface area (Å²) in [7, 11) is 0. The number of carbonyl (C=O) groups excluding carboxylic acids is 1. The molecule has 0 spiro atoms. The molecule has 0 radical (unpaired) electrons. The molecule has 0 aliphatic carbocycles. The highest BCUT2D eigenvalue weighted by Crippen LogP contribution is 2.23. The molecule has 1 aromatic rings. The molecule has 3 N–H and O–H groups in total. The maximum atomic E-state index is 9.59. The summed E-state index contributed by atoms with van der Waals surface area (Å²) in [4.78, 5) is 9.59. The molecule has 1 rings (SSSR count). The first kappa shape index (κ1) is 14.5. The number of phenols is 1. The Labute approximate surface area is 97.3 Å². The van der Waals surface area contributed by atoms with E-state index in [2.05, 4.69) is 26.5 Å². The standard InChI is InChI=1S/C10H14O.C3H7NO/c1-10(2,3)8-4-6-9(11)7-5-8;1-2-3(4)5/h4-7,11H,1-3H3;2H2,1H3,(H2,4,5). The minimum absolute atomic E-state index is 0.174. The second-order valence-electron chi connectivity index (χ2n) is 4.62. The van der Waals surface area contributed by atoms with Gasteiger partial charge in [0, 0.05) is 6.42 Å². The van der Waals surface area contributed by atoms with Crippen molar-refractivity contribution in [3.05, 3.63) is 29.8 Å². The fraction of sp³-hybridized carbons (Fsp3) is 0.462.